The van der Waals surface area contributed by atoms with Crippen molar-refractivity contribution in [3.63, 3.8) is 0 Å². The van der Waals surface area contributed by atoms with Crippen LogP contribution in [0.25, 0.3) is 10.6 Å². The summed E-state index contributed by atoms with van der Waals surface area (Å²) >= 11 is 1.41. The molecular formula is C24H25N3O2S. The highest BCUT2D eigenvalue weighted by Crippen LogP contribution is 2.29. The van der Waals surface area contributed by atoms with Crippen molar-refractivity contribution in [2.75, 3.05) is 11.9 Å². The Morgan fingerprint density at radius 3 is 2.67 bits per heavy atom. The van der Waals surface area contributed by atoms with Gasteiger partial charge in [-0.15, -0.1) is 11.3 Å². The van der Waals surface area contributed by atoms with Gasteiger partial charge in [-0.05, 0) is 43.0 Å². The van der Waals surface area contributed by atoms with Gasteiger partial charge in [0.25, 0.3) is 5.91 Å². The maximum Gasteiger partial charge on any atom is 0.267 e. The van der Waals surface area contributed by atoms with E-state index in [9.17, 15) is 9.59 Å². The van der Waals surface area contributed by atoms with Crippen LogP contribution >= 0.6 is 11.3 Å². The zero-order valence-electron chi connectivity index (χ0n) is 17.3. The van der Waals surface area contributed by atoms with E-state index in [0.717, 1.165) is 46.9 Å². The van der Waals surface area contributed by atoms with Gasteiger partial charge in [0, 0.05) is 30.8 Å². The Kier molecular flexibility index (Phi) is 5.95. The van der Waals surface area contributed by atoms with Crippen molar-refractivity contribution in [1.82, 2.24) is 9.88 Å². The largest absolute Gasteiger partial charge is 0.338 e. The zero-order chi connectivity index (χ0) is 21.1. The molecule has 154 valence electrons. The van der Waals surface area contributed by atoms with Crippen LogP contribution in [0.1, 0.15) is 46.3 Å². The molecular weight excluding hydrogens is 394 g/mol. The molecule has 0 unspecified atom stereocenters. The highest BCUT2D eigenvalue weighted by molar-refractivity contribution is 7.17. The van der Waals surface area contributed by atoms with Crippen molar-refractivity contribution in [3.8, 4) is 10.6 Å². The van der Waals surface area contributed by atoms with Crippen molar-refractivity contribution in [3.05, 3.63) is 70.2 Å². The first-order chi connectivity index (χ1) is 14.5. The molecule has 30 heavy (non-hydrogen) atoms. The zero-order valence-corrected chi connectivity index (χ0v) is 18.1. The molecule has 1 aromatic heterocycles. The van der Waals surface area contributed by atoms with Crippen LogP contribution in [0.2, 0.25) is 0 Å². The standard InChI is InChI=1S/C24H25N3O2S/c1-3-17-9-11-19(12-10-17)24-25-16(2)22(30-24)23(29)26-20-7-4-6-18(14-20)15-27-13-5-8-21(27)28/h4,6-7,9-12,14H,3,5,8,13,15H2,1-2H3,(H,26,29). The lowest BCUT2D eigenvalue weighted by atomic mass is 10.1. The van der Waals surface area contributed by atoms with Crippen LogP contribution in [0.3, 0.4) is 0 Å². The third-order valence-corrected chi connectivity index (χ3v) is 6.55. The topological polar surface area (TPSA) is 62.3 Å². The quantitative estimate of drug-likeness (QED) is 0.608. The number of aromatic nitrogens is 1. The summed E-state index contributed by atoms with van der Waals surface area (Å²) in [6, 6.07) is 16.0. The molecule has 0 spiro atoms. The summed E-state index contributed by atoms with van der Waals surface area (Å²) in [5, 5.41) is 3.84. The van der Waals surface area contributed by atoms with Crippen LogP contribution in [0.15, 0.2) is 48.5 Å². The lowest BCUT2D eigenvalue weighted by molar-refractivity contribution is -0.128. The van der Waals surface area contributed by atoms with E-state index in [0.29, 0.717) is 17.8 Å². The monoisotopic (exact) mass is 419 g/mol. The molecule has 2 heterocycles. The van der Waals surface area contributed by atoms with Gasteiger partial charge in [-0.25, -0.2) is 4.98 Å². The van der Waals surface area contributed by atoms with Crippen molar-refractivity contribution in [2.45, 2.75) is 39.7 Å². The highest BCUT2D eigenvalue weighted by Gasteiger charge is 2.20. The number of likely N-dealkylation sites (tertiary alicyclic amines) is 1. The molecule has 6 heteroatoms. The lowest BCUT2D eigenvalue weighted by Gasteiger charge is -2.16. The Balaban J connectivity index is 1.48. The third-order valence-electron chi connectivity index (χ3n) is 5.34. The summed E-state index contributed by atoms with van der Waals surface area (Å²) < 4.78 is 0. The van der Waals surface area contributed by atoms with Crippen LogP contribution in [0, 0.1) is 6.92 Å². The molecule has 1 aliphatic rings. The van der Waals surface area contributed by atoms with Crippen molar-refractivity contribution in [1.29, 1.82) is 0 Å². The van der Waals surface area contributed by atoms with Crippen molar-refractivity contribution >= 4 is 28.8 Å². The van der Waals surface area contributed by atoms with E-state index in [1.165, 1.54) is 16.9 Å². The van der Waals surface area contributed by atoms with Crippen LogP contribution in [0.5, 0.6) is 0 Å². The second-order valence-corrected chi connectivity index (χ2v) is 8.56. The second-order valence-electron chi connectivity index (χ2n) is 7.56. The number of carbonyl (C=O) groups excluding carboxylic acids is 2. The van der Waals surface area contributed by atoms with E-state index in [2.05, 4.69) is 41.5 Å². The predicted octanol–water partition coefficient (Wildman–Crippen LogP) is 5.06. The fourth-order valence-electron chi connectivity index (χ4n) is 3.64. The molecule has 0 aliphatic carbocycles. The Hall–Kier alpha value is -2.99. The molecule has 0 radical (unpaired) electrons. The van der Waals surface area contributed by atoms with Crippen LogP contribution < -0.4 is 5.32 Å². The summed E-state index contributed by atoms with van der Waals surface area (Å²) in [5.74, 6) is 0.0417. The van der Waals surface area contributed by atoms with Crippen molar-refractivity contribution in [2.24, 2.45) is 0 Å². The molecule has 2 amide bonds. The van der Waals surface area contributed by atoms with Gasteiger partial charge in [0.15, 0.2) is 0 Å². The number of anilines is 1. The molecule has 3 aromatic rings. The number of carbonyl (C=O) groups is 2. The van der Waals surface area contributed by atoms with Crippen LogP contribution in [-0.4, -0.2) is 28.2 Å². The van der Waals surface area contributed by atoms with Gasteiger partial charge in [-0.1, -0.05) is 43.3 Å². The average molecular weight is 420 g/mol. The van der Waals surface area contributed by atoms with Crippen LogP contribution in [0.4, 0.5) is 5.69 Å². The fourth-order valence-corrected chi connectivity index (χ4v) is 4.61. The van der Waals surface area contributed by atoms with E-state index >= 15 is 0 Å². The molecule has 2 aromatic carbocycles. The molecule has 1 saturated heterocycles. The Morgan fingerprint density at radius 1 is 1.17 bits per heavy atom. The minimum atomic E-state index is -0.157. The maximum atomic E-state index is 12.9. The van der Waals surface area contributed by atoms with Gasteiger partial charge in [0.2, 0.25) is 5.91 Å². The summed E-state index contributed by atoms with van der Waals surface area (Å²) in [5.41, 5.74) is 4.77. The number of thiazole rings is 1. The molecule has 1 aliphatic heterocycles. The second kappa shape index (κ2) is 8.79. The minimum absolute atomic E-state index is 0.157. The highest BCUT2D eigenvalue weighted by atomic mass is 32.1. The number of nitrogens with zero attached hydrogens (tertiary/aromatic N) is 2. The van der Waals surface area contributed by atoms with E-state index in [1.54, 1.807) is 0 Å². The number of hydrogen-bond donors (Lipinski definition) is 1. The van der Waals surface area contributed by atoms with E-state index in [1.807, 2.05) is 36.1 Å². The number of benzene rings is 2. The summed E-state index contributed by atoms with van der Waals surface area (Å²) in [6.45, 7) is 5.38. The van der Waals surface area contributed by atoms with Gasteiger partial charge >= 0.3 is 0 Å². The molecule has 1 N–H and O–H groups in total. The summed E-state index contributed by atoms with van der Waals surface area (Å²) in [6.07, 6.45) is 2.55. The summed E-state index contributed by atoms with van der Waals surface area (Å²) in [7, 11) is 0. The molecule has 5 nitrogen and oxygen atoms in total. The third kappa shape index (κ3) is 4.44. The Labute approximate surface area is 180 Å². The molecule has 0 saturated carbocycles. The number of hydrogen-bond acceptors (Lipinski definition) is 4. The Morgan fingerprint density at radius 2 is 1.97 bits per heavy atom. The normalized spacial score (nSPS) is 13.7. The van der Waals surface area contributed by atoms with Gasteiger partial charge in [0.05, 0.1) is 5.69 Å². The minimum Gasteiger partial charge on any atom is -0.338 e. The molecule has 1 fully saturated rings. The number of aryl methyl sites for hydroxylation is 2. The van der Waals surface area contributed by atoms with Gasteiger partial charge in [-0.2, -0.15) is 0 Å². The van der Waals surface area contributed by atoms with E-state index in [4.69, 9.17) is 0 Å². The van der Waals surface area contributed by atoms with Crippen molar-refractivity contribution < 1.29 is 9.59 Å². The lowest BCUT2D eigenvalue weighted by Crippen LogP contribution is -2.23. The first kappa shape index (κ1) is 20.3. The molecule has 4 rings (SSSR count). The SMILES string of the molecule is CCc1ccc(-c2nc(C)c(C(=O)Nc3cccc(CN4CCCC4=O)c3)s2)cc1. The Bertz CT molecular complexity index is 1070. The smallest absolute Gasteiger partial charge is 0.267 e. The molecule has 0 bridgehead atoms. The number of rotatable bonds is 6. The van der Waals surface area contributed by atoms with Gasteiger partial charge in [0.1, 0.15) is 9.88 Å². The maximum absolute atomic E-state index is 12.9. The summed E-state index contributed by atoms with van der Waals surface area (Å²) in [4.78, 5) is 31.8. The van der Waals surface area contributed by atoms with Gasteiger partial charge < -0.3 is 10.2 Å². The van der Waals surface area contributed by atoms with Crippen LogP contribution in [-0.2, 0) is 17.8 Å². The fraction of sp³-hybridized carbons (Fsp3) is 0.292. The predicted molar refractivity (Wildman–Crippen MR) is 121 cm³/mol. The first-order valence-corrected chi connectivity index (χ1v) is 11.1. The average Bonchev–Trinajstić information content (AvgIpc) is 3.34. The van der Waals surface area contributed by atoms with E-state index in [-0.39, 0.29) is 11.8 Å². The molecule has 0 atom stereocenters. The van der Waals surface area contributed by atoms with Gasteiger partial charge in [-0.3, -0.25) is 9.59 Å². The number of amides is 2. The van der Waals surface area contributed by atoms with E-state index < -0.39 is 0 Å². The first-order valence-electron chi connectivity index (χ1n) is 10.3. The number of nitrogens with one attached hydrogen (secondary N) is 1.